The Hall–Kier alpha value is -0.880. The maximum absolute atomic E-state index is 11.5. The van der Waals surface area contributed by atoms with E-state index in [1.807, 2.05) is 0 Å². The molecule has 0 aromatic heterocycles. The molecule has 0 bridgehead atoms. The summed E-state index contributed by atoms with van der Waals surface area (Å²) in [6, 6.07) is 0. The van der Waals surface area contributed by atoms with Crippen molar-refractivity contribution in [2.75, 3.05) is 6.54 Å². The molecule has 1 fully saturated rings. The number of hydrogen-bond donors (Lipinski definition) is 1. The zero-order chi connectivity index (χ0) is 10.7. The van der Waals surface area contributed by atoms with E-state index < -0.39 is 11.2 Å². The fourth-order valence-corrected chi connectivity index (χ4v) is 2.58. The molecule has 1 heterocycles. The number of carbonyl (C=O) groups excluding carboxylic acids is 1. The van der Waals surface area contributed by atoms with Gasteiger partial charge in [-0.3, -0.25) is 14.5 Å². The highest BCUT2D eigenvalue weighted by Crippen LogP contribution is 2.29. The Morgan fingerprint density at radius 3 is 2.93 bits per heavy atom. The lowest BCUT2D eigenvalue weighted by molar-refractivity contribution is -0.139. The Bertz CT molecular complexity index is 303. The van der Waals surface area contributed by atoms with Crippen molar-refractivity contribution >= 4 is 40.2 Å². The summed E-state index contributed by atoms with van der Waals surface area (Å²) in [5.41, 5.74) is 0. The fourth-order valence-electron chi connectivity index (χ4n) is 1.08. The zero-order valence-corrected chi connectivity index (χ0v) is 8.94. The van der Waals surface area contributed by atoms with Crippen molar-refractivity contribution in [3.05, 3.63) is 12.7 Å². The highest BCUT2D eigenvalue weighted by molar-refractivity contribution is 8.24. The van der Waals surface area contributed by atoms with Crippen molar-refractivity contribution in [2.45, 2.75) is 11.7 Å². The predicted octanol–water partition coefficient (Wildman–Crippen LogP) is 0.876. The maximum atomic E-state index is 11.5. The molecular formula is C8H9NO3S2. The molecule has 0 radical (unpaired) electrons. The number of carboxylic acid groups (broad SMARTS) is 1. The van der Waals surface area contributed by atoms with Crippen LogP contribution in [0.5, 0.6) is 0 Å². The Morgan fingerprint density at radius 2 is 2.43 bits per heavy atom. The molecule has 0 aromatic carbocycles. The molecule has 6 heteroatoms. The van der Waals surface area contributed by atoms with E-state index in [0.29, 0.717) is 10.9 Å². The third kappa shape index (κ3) is 2.33. The van der Waals surface area contributed by atoms with Crippen molar-refractivity contribution in [1.82, 2.24) is 4.90 Å². The topological polar surface area (TPSA) is 57.6 Å². The number of thioether (sulfide) groups is 1. The third-order valence-corrected chi connectivity index (χ3v) is 3.26. The molecule has 1 amide bonds. The Balaban J connectivity index is 2.68. The first-order chi connectivity index (χ1) is 6.56. The molecule has 1 N–H and O–H groups in total. The lowest BCUT2D eigenvalue weighted by Crippen LogP contribution is -2.32. The fraction of sp³-hybridized carbons (Fsp3) is 0.375. The van der Waals surface area contributed by atoms with Gasteiger partial charge < -0.3 is 5.11 Å². The van der Waals surface area contributed by atoms with Gasteiger partial charge in [-0.05, 0) is 0 Å². The molecule has 0 saturated carbocycles. The first kappa shape index (κ1) is 11.2. The maximum Gasteiger partial charge on any atom is 0.305 e. The van der Waals surface area contributed by atoms with Gasteiger partial charge in [-0.25, -0.2) is 0 Å². The van der Waals surface area contributed by atoms with E-state index in [4.69, 9.17) is 17.3 Å². The van der Waals surface area contributed by atoms with Gasteiger partial charge in [0.05, 0.1) is 6.42 Å². The molecule has 0 aliphatic carbocycles. The largest absolute Gasteiger partial charge is 0.481 e. The second kappa shape index (κ2) is 4.56. The van der Waals surface area contributed by atoms with E-state index >= 15 is 0 Å². The van der Waals surface area contributed by atoms with Crippen LogP contribution in [0.2, 0.25) is 0 Å². The van der Waals surface area contributed by atoms with Crippen LogP contribution in [-0.4, -0.2) is 38.0 Å². The summed E-state index contributed by atoms with van der Waals surface area (Å²) < 4.78 is 0.432. The SMILES string of the molecule is C=CCN1C(=O)[C@@H](CC(=O)O)SC1=S. The van der Waals surface area contributed by atoms with Crippen LogP contribution in [0, 0.1) is 0 Å². The van der Waals surface area contributed by atoms with Gasteiger partial charge in [0.1, 0.15) is 9.57 Å². The Labute approximate surface area is 91.0 Å². The standard InChI is InChI=1S/C8H9NO3S2/c1-2-3-9-7(12)5(4-6(10)11)14-8(9)13/h2,5H,1,3-4H2,(H,10,11)/t5-/m1/s1. The lowest BCUT2D eigenvalue weighted by atomic mass is 10.3. The number of hydrogen-bond acceptors (Lipinski definition) is 4. The Morgan fingerprint density at radius 1 is 1.79 bits per heavy atom. The summed E-state index contributed by atoms with van der Waals surface area (Å²) in [7, 11) is 0. The van der Waals surface area contributed by atoms with Gasteiger partial charge in [-0.1, -0.05) is 30.1 Å². The summed E-state index contributed by atoms with van der Waals surface area (Å²) in [5, 5.41) is 7.98. The first-order valence-electron chi connectivity index (χ1n) is 3.91. The predicted molar refractivity (Wildman–Crippen MR) is 58.1 cm³/mol. The molecule has 1 aliphatic heterocycles. The zero-order valence-electron chi connectivity index (χ0n) is 7.30. The van der Waals surface area contributed by atoms with Crippen LogP contribution in [0.15, 0.2) is 12.7 Å². The van der Waals surface area contributed by atoms with Crippen LogP contribution in [0.4, 0.5) is 0 Å². The van der Waals surface area contributed by atoms with Crippen LogP contribution < -0.4 is 0 Å². The van der Waals surface area contributed by atoms with E-state index in [9.17, 15) is 9.59 Å². The average Bonchev–Trinajstić information content (AvgIpc) is 2.32. The normalized spacial score (nSPS) is 21.4. The van der Waals surface area contributed by atoms with Gasteiger partial charge in [-0.2, -0.15) is 0 Å². The summed E-state index contributed by atoms with van der Waals surface area (Å²) in [4.78, 5) is 23.3. The quantitative estimate of drug-likeness (QED) is 0.575. The molecule has 14 heavy (non-hydrogen) atoms. The number of carbonyl (C=O) groups is 2. The summed E-state index contributed by atoms with van der Waals surface area (Å²) in [6.45, 7) is 3.85. The molecule has 0 aromatic rings. The molecule has 1 rings (SSSR count). The van der Waals surface area contributed by atoms with Gasteiger partial charge in [0.15, 0.2) is 0 Å². The number of amides is 1. The van der Waals surface area contributed by atoms with Crippen molar-refractivity contribution < 1.29 is 14.7 Å². The van der Waals surface area contributed by atoms with Gasteiger partial charge in [0, 0.05) is 6.54 Å². The van der Waals surface area contributed by atoms with Crippen LogP contribution in [0.1, 0.15) is 6.42 Å². The van der Waals surface area contributed by atoms with Gasteiger partial charge in [0.2, 0.25) is 5.91 Å². The van der Waals surface area contributed by atoms with E-state index in [1.165, 1.54) is 4.90 Å². The second-order valence-electron chi connectivity index (χ2n) is 2.71. The van der Waals surface area contributed by atoms with E-state index in [0.717, 1.165) is 11.8 Å². The van der Waals surface area contributed by atoms with Crippen molar-refractivity contribution in [1.29, 1.82) is 0 Å². The molecule has 0 unspecified atom stereocenters. The molecule has 1 aliphatic rings. The smallest absolute Gasteiger partial charge is 0.305 e. The minimum absolute atomic E-state index is 0.183. The van der Waals surface area contributed by atoms with Crippen LogP contribution >= 0.6 is 24.0 Å². The minimum Gasteiger partial charge on any atom is -0.481 e. The number of aliphatic carboxylic acids is 1. The van der Waals surface area contributed by atoms with Gasteiger partial charge in [0.25, 0.3) is 0 Å². The molecule has 76 valence electrons. The average molecular weight is 231 g/mol. The third-order valence-electron chi connectivity index (χ3n) is 1.68. The van der Waals surface area contributed by atoms with E-state index in [2.05, 4.69) is 6.58 Å². The molecular weight excluding hydrogens is 222 g/mol. The van der Waals surface area contributed by atoms with Gasteiger partial charge >= 0.3 is 5.97 Å². The van der Waals surface area contributed by atoms with Crippen LogP contribution in [0.25, 0.3) is 0 Å². The highest BCUT2D eigenvalue weighted by atomic mass is 32.2. The van der Waals surface area contributed by atoms with Crippen molar-refractivity contribution in [3.63, 3.8) is 0 Å². The molecule has 1 saturated heterocycles. The van der Waals surface area contributed by atoms with Crippen LogP contribution in [-0.2, 0) is 9.59 Å². The van der Waals surface area contributed by atoms with Crippen LogP contribution in [0.3, 0.4) is 0 Å². The molecule has 1 atom stereocenters. The Kier molecular flexibility index (Phi) is 3.65. The summed E-state index contributed by atoms with van der Waals surface area (Å²) >= 11 is 6.07. The molecule has 0 spiro atoms. The first-order valence-corrected chi connectivity index (χ1v) is 5.19. The number of nitrogens with zero attached hydrogens (tertiary/aromatic N) is 1. The number of carboxylic acids is 1. The summed E-state index contributed by atoms with van der Waals surface area (Å²) in [6.07, 6.45) is 1.38. The van der Waals surface area contributed by atoms with Crippen molar-refractivity contribution in [3.8, 4) is 0 Å². The van der Waals surface area contributed by atoms with Crippen molar-refractivity contribution in [2.24, 2.45) is 0 Å². The monoisotopic (exact) mass is 231 g/mol. The minimum atomic E-state index is -0.987. The van der Waals surface area contributed by atoms with E-state index in [-0.39, 0.29) is 12.3 Å². The number of thiocarbonyl (C=S) groups is 1. The number of rotatable bonds is 4. The lowest BCUT2D eigenvalue weighted by Gasteiger charge is -2.11. The second-order valence-corrected chi connectivity index (χ2v) is 4.54. The summed E-state index contributed by atoms with van der Waals surface area (Å²) in [5.74, 6) is -1.22. The molecule has 4 nitrogen and oxygen atoms in total. The van der Waals surface area contributed by atoms with Gasteiger partial charge in [-0.15, -0.1) is 6.58 Å². The van der Waals surface area contributed by atoms with E-state index in [1.54, 1.807) is 6.08 Å². The highest BCUT2D eigenvalue weighted by Gasteiger charge is 2.37.